The van der Waals surface area contributed by atoms with E-state index in [0.29, 0.717) is 7.35 Å². The Balaban J connectivity index is 1.43. The van der Waals surface area contributed by atoms with Gasteiger partial charge in [-0.3, -0.25) is 0 Å². The quantitative estimate of drug-likeness (QED) is 0.132. The monoisotopic (exact) mass is 718 g/mol. The van der Waals surface area contributed by atoms with Gasteiger partial charge in [0.2, 0.25) is 0 Å². The predicted molar refractivity (Wildman–Crippen MR) is 177 cm³/mol. The summed E-state index contributed by atoms with van der Waals surface area (Å²) in [7, 11) is -1.90. The molecule has 1 heterocycles. The van der Waals surface area contributed by atoms with Crippen molar-refractivity contribution >= 4 is 20.2 Å². The molecule has 2 atom stereocenters. The molecule has 0 bridgehead atoms. The summed E-state index contributed by atoms with van der Waals surface area (Å²) < 4.78 is 6.97. The van der Waals surface area contributed by atoms with E-state index in [-0.39, 0.29) is 0 Å². The molecule has 206 valence electrons. The second-order valence-electron chi connectivity index (χ2n) is 13.4. The van der Waals surface area contributed by atoms with Gasteiger partial charge in [-0.05, 0) is 0 Å². The van der Waals surface area contributed by atoms with Gasteiger partial charge < -0.3 is 0 Å². The first-order valence-corrected chi connectivity index (χ1v) is 29.8. The molecule has 0 N–H and O–H groups in total. The Bertz CT molecular complexity index is 1550. The summed E-state index contributed by atoms with van der Waals surface area (Å²) in [5, 5.41) is 3.77. The molecule has 7 rings (SSSR count). The van der Waals surface area contributed by atoms with Crippen molar-refractivity contribution in [3.63, 3.8) is 0 Å². The van der Waals surface area contributed by atoms with Gasteiger partial charge in [0.05, 0.1) is 0 Å². The normalized spacial score (nSPS) is 23.2. The molecule has 4 aromatic carbocycles. The number of unbranched alkanes of at least 4 members (excludes halogenated alkanes) is 3. The molecule has 3 aliphatic rings. The molecule has 2 unspecified atom stereocenters. The molecular formula is C39H42HfSi. The molecule has 0 radical (unpaired) electrons. The third-order valence-corrected chi connectivity index (χ3v) is 32.6. The van der Waals surface area contributed by atoms with Crippen molar-refractivity contribution in [2.75, 3.05) is 0 Å². The number of rotatable bonds is 7. The number of fused-ring (bicyclic) bond motifs is 6. The predicted octanol–water partition coefficient (Wildman–Crippen LogP) is 11.6. The molecule has 0 amide bonds. The van der Waals surface area contributed by atoms with E-state index in [1.54, 1.807) is 11.1 Å². The van der Waals surface area contributed by atoms with Gasteiger partial charge in [-0.25, -0.2) is 0 Å². The molecule has 0 aromatic heterocycles. The van der Waals surface area contributed by atoms with Crippen LogP contribution in [0.2, 0.25) is 22.0 Å². The van der Waals surface area contributed by atoms with E-state index in [1.165, 1.54) is 65.1 Å². The van der Waals surface area contributed by atoms with Gasteiger partial charge in [0.15, 0.2) is 0 Å². The van der Waals surface area contributed by atoms with Crippen LogP contribution in [-0.2, 0) is 20.0 Å². The molecule has 1 aliphatic heterocycles. The molecule has 4 aromatic rings. The van der Waals surface area contributed by atoms with Crippen LogP contribution in [0.1, 0.15) is 62.2 Å². The van der Waals surface area contributed by atoms with Crippen LogP contribution < -0.4 is 0 Å². The van der Waals surface area contributed by atoms with Gasteiger partial charge in [-0.1, -0.05) is 0 Å². The van der Waals surface area contributed by atoms with Crippen molar-refractivity contribution in [1.82, 2.24) is 0 Å². The van der Waals surface area contributed by atoms with E-state index in [2.05, 4.69) is 132 Å². The van der Waals surface area contributed by atoms with E-state index in [1.807, 2.05) is 10.4 Å². The Morgan fingerprint density at radius 3 is 1.54 bits per heavy atom. The summed E-state index contributed by atoms with van der Waals surface area (Å²) in [5.41, 5.74) is 12.0. The van der Waals surface area contributed by atoms with Crippen molar-refractivity contribution < 1.29 is 20.0 Å². The van der Waals surface area contributed by atoms with E-state index >= 15 is 0 Å². The topological polar surface area (TPSA) is 0 Å². The van der Waals surface area contributed by atoms with Crippen molar-refractivity contribution in [3.05, 3.63) is 130 Å². The van der Waals surface area contributed by atoms with E-state index < -0.39 is 28.0 Å². The minimum absolute atomic E-state index is 0.692. The van der Waals surface area contributed by atoms with Crippen LogP contribution in [-0.4, -0.2) is 8.07 Å². The van der Waals surface area contributed by atoms with Crippen molar-refractivity contribution in [1.29, 1.82) is 0 Å². The van der Waals surface area contributed by atoms with Gasteiger partial charge in [-0.2, -0.15) is 0 Å². The SMILES string of the molecule is CCCCCC[Si]1(C)C2=Cc3c(-c4ccccc4)cccc3[CH]2[Hf]([CH3])([CH3])[CH]2C1=Cc1c(-c3ccccc3)cccc12. The molecule has 41 heavy (non-hydrogen) atoms. The van der Waals surface area contributed by atoms with Gasteiger partial charge in [0, 0.05) is 0 Å². The Kier molecular flexibility index (Phi) is 7.07. The zero-order valence-corrected chi connectivity index (χ0v) is 29.7. The fourth-order valence-corrected chi connectivity index (χ4v) is 41.1. The van der Waals surface area contributed by atoms with Gasteiger partial charge >= 0.3 is 254 Å². The van der Waals surface area contributed by atoms with Gasteiger partial charge in [0.1, 0.15) is 0 Å². The average molecular weight is 717 g/mol. The van der Waals surface area contributed by atoms with Crippen molar-refractivity contribution in [3.8, 4) is 22.3 Å². The number of hydrogen-bond acceptors (Lipinski definition) is 0. The second-order valence-corrected chi connectivity index (χ2v) is 34.9. The van der Waals surface area contributed by atoms with E-state index in [0.717, 1.165) is 0 Å². The molecule has 0 spiro atoms. The van der Waals surface area contributed by atoms with Crippen molar-refractivity contribution in [2.24, 2.45) is 0 Å². The maximum atomic E-state index is 2.80. The summed E-state index contributed by atoms with van der Waals surface area (Å²) in [4.78, 5) is 0. The molecule has 0 saturated carbocycles. The first-order chi connectivity index (χ1) is 19.9. The standard InChI is InChI=1S/C37H36Si.2CH3.Hf/c1-3-4-5-12-23-38(2,32-24-30-19-13-21-34(36(30)26-32)28-15-8-6-9-16-28)33-25-31-20-14-22-35(37(31)27-33)29-17-10-7-11-18-29;;;/h6-11,13-22,24-27H,3-5,12,23H2,1-2H3;2*1H3;. The fourth-order valence-electron chi connectivity index (χ4n) is 8.63. The Hall–Kier alpha value is -2.55. The summed E-state index contributed by atoms with van der Waals surface area (Å²) >= 11 is -3.01. The third-order valence-electron chi connectivity index (χ3n) is 10.6. The first-order valence-electron chi connectivity index (χ1n) is 15.8. The third kappa shape index (κ3) is 4.31. The number of hydrogen-bond donors (Lipinski definition) is 0. The second kappa shape index (κ2) is 10.6. The van der Waals surface area contributed by atoms with Crippen LogP contribution in [0, 0.1) is 0 Å². The van der Waals surface area contributed by atoms with Crippen LogP contribution in [0.5, 0.6) is 0 Å². The van der Waals surface area contributed by atoms with E-state index in [4.69, 9.17) is 0 Å². The fraction of sp³-hybridized carbons (Fsp3) is 0.282. The summed E-state index contributed by atoms with van der Waals surface area (Å²) in [5.74, 6) is 0. The molecule has 1 saturated heterocycles. The molecule has 2 heteroatoms. The Labute approximate surface area is 252 Å². The average Bonchev–Trinajstić information content (AvgIpc) is 3.61. The zero-order valence-electron chi connectivity index (χ0n) is 25.1. The maximum absolute atomic E-state index is 3.01. The van der Waals surface area contributed by atoms with Crippen LogP contribution in [0.25, 0.3) is 34.4 Å². The molecule has 0 nitrogen and oxygen atoms in total. The molecule has 2 aliphatic carbocycles. The Morgan fingerprint density at radius 1 is 0.585 bits per heavy atom. The summed E-state index contributed by atoms with van der Waals surface area (Å²) in [6, 6.07) is 38.1. The Morgan fingerprint density at radius 2 is 1.07 bits per heavy atom. The summed E-state index contributed by atoms with van der Waals surface area (Å²) in [6.45, 7) is 5.10. The van der Waals surface area contributed by atoms with Crippen LogP contribution >= 0.6 is 0 Å². The van der Waals surface area contributed by atoms with Crippen molar-refractivity contribution in [2.45, 2.75) is 61.9 Å². The summed E-state index contributed by atoms with van der Waals surface area (Å²) in [6.07, 6.45) is 10.9. The van der Waals surface area contributed by atoms with Gasteiger partial charge in [-0.15, -0.1) is 0 Å². The molecular weight excluding hydrogens is 675 g/mol. The number of benzene rings is 4. The van der Waals surface area contributed by atoms with Crippen LogP contribution in [0.4, 0.5) is 0 Å². The first kappa shape index (κ1) is 27.3. The van der Waals surface area contributed by atoms with Gasteiger partial charge in [0.25, 0.3) is 0 Å². The number of allylic oxidation sites excluding steroid dienone is 2. The van der Waals surface area contributed by atoms with Crippen LogP contribution in [0.3, 0.4) is 0 Å². The zero-order chi connectivity index (χ0) is 28.2. The van der Waals surface area contributed by atoms with Crippen LogP contribution in [0.15, 0.2) is 107 Å². The molecule has 1 fully saturated rings. The minimum atomic E-state index is -3.01. The van der Waals surface area contributed by atoms with E-state index in [9.17, 15) is 0 Å².